The first kappa shape index (κ1) is 15.2. The minimum absolute atomic E-state index is 0.0443. The molecule has 2 heterocycles. The largest absolute Gasteiger partial charge is 0.447 e. The molecule has 8 heteroatoms. The van der Waals surface area contributed by atoms with Gasteiger partial charge in [0.1, 0.15) is 5.76 Å². The molecule has 0 amide bonds. The van der Waals surface area contributed by atoms with Crippen LogP contribution in [0.5, 0.6) is 0 Å². The average molecular weight is 315 g/mol. The van der Waals surface area contributed by atoms with Crippen LogP contribution in [0.2, 0.25) is 0 Å². The molecule has 1 N–H and O–H groups in total. The van der Waals surface area contributed by atoms with E-state index < -0.39 is 10.0 Å². The molecule has 110 valence electrons. The SMILES string of the molecule is CNCc1ccc(S(=O)(=O)N(C)Cc2csc(C)n2)o1. The fourth-order valence-corrected chi connectivity index (χ4v) is 3.38. The van der Waals surface area contributed by atoms with E-state index in [1.165, 1.54) is 28.8 Å². The van der Waals surface area contributed by atoms with Gasteiger partial charge in [-0.1, -0.05) is 0 Å². The molecule has 2 aromatic rings. The summed E-state index contributed by atoms with van der Waals surface area (Å²) in [6.45, 7) is 2.61. The van der Waals surface area contributed by atoms with Gasteiger partial charge < -0.3 is 9.73 Å². The van der Waals surface area contributed by atoms with Gasteiger partial charge in [0, 0.05) is 12.4 Å². The molecule has 6 nitrogen and oxygen atoms in total. The molecule has 0 spiro atoms. The van der Waals surface area contributed by atoms with Crippen molar-refractivity contribution in [3.8, 4) is 0 Å². The Balaban J connectivity index is 2.15. The van der Waals surface area contributed by atoms with Gasteiger partial charge in [0.15, 0.2) is 0 Å². The van der Waals surface area contributed by atoms with Crippen molar-refractivity contribution in [2.75, 3.05) is 14.1 Å². The Morgan fingerprint density at radius 3 is 2.80 bits per heavy atom. The molecule has 0 saturated carbocycles. The molecule has 0 fully saturated rings. The third kappa shape index (κ3) is 3.26. The average Bonchev–Trinajstić information content (AvgIpc) is 2.99. The molecule has 0 aromatic carbocycles. The molecular weight excluding hydrogens is 298 g/mol. The van der Waals surface area contributed by atoms with Gasteiger partial charge in [-0.2, -0.15) is 4.31 Å². The lowest BCUT2D eigenvalue weighted by Gasteiger charge is -2.13. The van der Waals surface area contributed by atoms with E-state index in [0.717, 1.165) is 10.7 Å². The van der Waals surface area contributed by atoms with Crippen molar-refractivity contribution in [1.29, 1.82) is 0 Å². The van der Waals surface area contributed by atoms with Crippen LogP contribution in [-0.2, 0) is 23.1 Å². The van der Waals surface area contributed by atoms with Gasteiger partial charge in [-0.25, -0.2) is 13.4 Å². The highest BCUT2D eigenvalue weighted by atomic mass is 32.2. The van der Waals surface area contributed by atoms with Crippen molar-refractivity contribution >= 4 is 21.4 Å². The number of nitrogens with zero attached hydrogens (tertiary/aromatic N) is 2. The highest BCUT2D eigenvalue weighted by Gasteiger charge is 2.25. The van der Waals surface area contributed by atoms with Gasteiger partial charge in [-0.3, -0.25) is 0 Å². The molecule has 0 aliphatic rings. The Morgan fingerprint density at radius 2 is 2.20 bits per heavy atom. The van der Waals surface area contributed by atoms with E-state index in [2.05, 4.69) is 10.3 Å². The number of aromatic nitrogens is 1. The molecule has 2 aromatic heterocycles. The van der Waals surface area contributed by atoms with Crippen molar-refractivity contribution in [2.24, 2.45) is 0 Å². The van der Waals surface area contributed by atoms with Crippen LogP contribution in [0, 0.1) is 6.92 Å². The highest BCUT2D eigenvalue weighted by Crippen LogP contribution is 2.20. The summed E-state index contributed by atoms with van der Waals surface area (Å²) in [5, 5.41) is 5.64. The number of furan rings is 1. The monoisotopic (exact) mass is 315 g/mol. The van der Waals surface area contributed by atoms with E-state index in [0.29, 0.717) is 12.3 Å². The molecule has 0 bridgehead atoms. The van der Waals surface area contributed by atoms with Crippen molar-refractivity contribution in [2.45, 2.75) is 25.1 Å². The third-order valence-corrected chi connectivity index (χ3v) is 5.20. The van der Waals surface area contributed by atoms with E-state index in [1.54, 1.807) is 13.1 Å². The van der Waals surface area contributed by atoms with Gasteiger partial charge in [-0.05, 0) is 26.1 Å². The lowest BCUT2D eigenvalue weighted by atomic mass is 10.4. The predicted molar refractivity (Wildman–Crippen MR) is 77.0 cm³/mol. The Bertz CT molecular complexity index is 676. The Morgan fingerprint density at radius 1 is 1.45 bits per heavy atom. The zero-order chi connectivity index (χ0) is 14.8. The van der Waals surface area contributed by atoms with Crippen LogP contribution in [0.3, 0.4) is 0 Å². The van der Waals surface area contributed by atoms with Crippen LogP contribution in [0.25, 0.3) is 0 Å². The molecule has 0 atom stereocenters. The topological polar surface area (TPSA) is 75.4 Å². The minimum Gasteiger partial charge on any atom is -0.447 e. The van der Waals surface area contributed by atoms with Crippen LogP contribution in [-0.4, -0.2) is 31.8 Å². The molecule has 0 saturated heterocycles. The maximum atomic E-state index is 12.3. The van der Waals surface area contributed by atoms with E-state index >= 15 is 0 Å². The molecule has 0 unspecified atom stereocenters. The second kappa shape index (κ2) is 6.04. The number of hydrogen-bond donors (Lipinski definition) is 1. The van der Waals surface area contributed by atoms with E-state index in [1.807, 2.05) is 12.3 Å². The zero-order valence-electron chi connectivity index (χ0n) is 11.6. The number of rotatable bonds is 6. The van der Waals surface area contributed by atoms with Crippen LogP contribution in [0.15, 0.2) is 27.0 Å². The molecule has 0 aliphatic carbocycles. The number of sulfonamides is 1. The van der Waals surface area contributed by atoms with E-state index in [4.69, 9.17) is 4.42 Å². The van der Waals surface area contributed by atoms with E-state index in [-0.39, 0.29) is 11.6 Å². The van der Waals surface area contributed by atoms with Crippen molar-refractivity contribution < 1.29 is 12.8 Å². The summed E-state index contributed by atoms with van der Waals surface area (Å²) in [5.74, 6) is 0.587. The summed E-state index contributed by atoms with van der Waals surface area (Å²) in [7, 11) is -0.333. The van der Waals surface area contributed by atoms with Crippen LogP contribution < -0.4 is 5.32 Å². The number of hydrogen-bond acceptors (Lipinski definition) is 6. The fraction of sp³-hybridized carbons (Fsp3) is 0.417. The highest BCUT2D eigenvalue weighted by molar-refractivity contribution is 7.88. The van der Waals surface area contributed by atoms with Gasteiger partial charge >= 0.3 is 0 Å². The standard InChI is InChI=1S/C12H17N3O3S2/c1-9-14-10(8-19-9)7-15(3)20(16,17)12-5-4-11(18-12)6-13-2/h4-5,8,13H,6-7H2,1-3H3. The lowest BCUT2D eigenvalue weighted by molar-refractivity contribution is 0.381. The van der Waals surface area contributed by atoms with Gasteiger partial charge in [-0.15, -0.1) is 11.3 Å². The van der Waals surface area contributed by atoms with Gasteiger partial charge in [0.05, 0.1) is 23.8 Å². The van der Waals surface area contributed by atoms with E-state index in [9.17, 15) is 8.42 Å². The molecular formula is C12H17N3O3S2. The Kier molecular flexibility index (Phi) is 4.59. The zero-order valence-corrected chi connectivity index (χ0v) is 13.2. The predicted octanol–water partition coefficient (Wildman–Crippen LogP) is 1.58. The maximum Gasteiger partial charge on any atom is 0.276 e. The summed E-state index contributed by atoms with van der Waals surface area (Å²) >= 11 is 1.50. The first-order valence-corrected chi connectivity index (χ1v) is 8.36. The summed E-state index contributed by atoms with van der Waals surface area (Å²) in [6, 6.07) is 3.13. The normalized spacial score (nSPS) is 12.2. The summed E-state index contributed by atoms with van der Waals surface area (Å²) in [6.07, 6.45) is 0. The summed E-state index contributed by atoms with van der Waals surface area (Å²) in [4.78, 5) is 4.26. The molecule has 20 heavy (non-hydrogen) atoms. The lowest BCUT2D eigenvalue weighted by Crippen LogP contribution is -2.26. The van der Waals surface area contributed by atoms with Crippen molar-refractivity contribution in [1.82, 2.24) is 14.6 Å². The summed E-state index contributed by atoms with van der Waals surface area (Å²) in [5.41, 5.74) is 0.737. The van der Waals surface area contributed by atoms with Crippen LogP contribution >= 0.6 is 11.3 Å². The van der Waals surface area contributed by atoms with Crippen LogP contribution in [0.4, 0.5) is 0 Å². The van der Waals surface area contributed by atoms with Gasteiger partial charge in [0.25, 0.3) is 10.0 Å². The molecule has 0 aliphatic heterocycles. The second-order valence-electron chi connectivity index (χ2n) is 4.37. The maximum absolute atomic E-state index is 12.3. The molecule has 2 rings (SSSR count). The smallest absolute Gasteiger partial charge is 0.276 e. The second-order valence-corrected chi connectivity index (χ2v) is 7.41. The number of nitrogens with one attached hydrogen (secondary N) is 1. The quantitative estimate of drug-likeness (QED) is 0.876. The third-order valence-electron chi connectivity index (χ3n) is 2.70. The van der Waals surface area contributed by atoms with Crippen molar-refractivity contribution in [3.63, 3.8) is 0 Å². The minimum atomic E-state index is -3.62. The Hall–Kier alpha value is -1.22. The fourth-order valence-electron chi connectivity index (χ4n) is 1.71. The number of thiazole rings is 1. The summed E-state index contributed by atoms with van der Waals surface area (Å²) < 4.78 is 31.3. The van der Waals surface area contributed by atoms with Crippen LogP contribution in [0.1, 0.15) is 16.5 Å². The van der Waals surface area contributed by atoms with Crippen molar-refractivity contribution in [3.05, 3.63) is 34.0 Å². The van der Waals surface area contributed by atoms with Gasteiger partial charge in [0.2, 0.25) is 5.09 Å². The number of aryl methyl sites for hydroxylation is 1. The first-order valence-electron chi connectivity index (χ1n) is 6.04. The Labute approximate surface area is 122 Å². The first-order chi connectivity index (χ1) is 9.43. The molecule has 0 radical (unpaired) electrons.